The molecule has 4 unspecified atom stereocenters. The maximum absolute atomic E-state index is 12.8. The Morgan fingerprint density at radius 1 is 1.29 bits per heavy atom. The fourth-order valence-corrected chi connectivity index (χ4v) is 5.97. The highest BCUT2D eigenvalue weighted by atomic mass is 32.2. The van der Waals surface area contributed by atoms with E-state index in [0.29, 0.717) is 18.3 Å². The van der Waals surface area contributed by atoms with Crippen molar-refractivity contribution >= 4 is 15.7 Å². The van der Waals surface area contributed by atoms with E-state index < -0.39 is 9.84 Å². The highest BCUT2D eigenvalue weighted by Gasteiger charge is 2.45. The van der Waals surface area contributed by atoms with Crippen LogP contribution < -0.4 is 5.32 Å². The summed E-state index contributed by atoms with van der Waals surface area (Å²) in [6, 6.07) is -0.454. The number of aliphatic hydroxyl groups is 1. The van der Waals surface area contributed by atoms with Crippen molar-refractivity contribution in [2.75, 3.05) is 31.2 Å². The second-order valence-electron chi connectivity index (χ2n) is 6.55. The molecule has 1 saturated carbocycles. The van der Waals surface area contributed by atoms with Crippen LogP contribution in [-0.2, 0) is 14.6 Å². The number of carbonyl (C=O) groups is 1. The Kier molecular flexibility index (Phi) is 4.25. The molecule has 0 aromatic rings. The smallest absolute Gasteiger partial charge is 0.240 e. The fraction of sp³-hybridized carbons (Fsp3) is 0.929. The normalized spacial score (nSPS) is 37.6. The van der Waals surface area contributed by atoms with E-state index in [1.54, 1.807) is 4.90 Å². The predicted octanol–water partition coefficient (Wildman–Crippen LogP) is -0.617. The third kappa shape index (κ3) is 2.96. The van der Waals surface area contributed by atoms with Gasteiger partial charge in [-0.15, -0.1) is 0 Å². The van der Waals surface area contributed by atoms with Crippen LogP contribution in [0.3, 0.4) is 0 Å². The van der Waals surface area contributed by atoms with Gasteiger partial charge in [0.05, 0.1) is 24.2 Å². The van der Waals surface area contributed by atoms with Gasteiger partial charge in [0, 0.05) is 12.6 Å². The summed E-state index contributed by atoms with van der Waals surface area (Å²) in [5.74, 6) is 1.15. The minimum atomic E-state index is -3.03. The largest absolute Gasteiger partial charge is 0.395 e. The van der Waals surface area contributed by atoms with Crippen LogP contribution in [0, 0.1) is 11.8 Å². The van der Waals surface area contributed by atoms with Gasteiger partial charge in [-0.3, -0.25) is 4.79 Å². The van der Waals surface area contributed by atoms with Gasteiger partial charge in [0.1, 0.15) is 0 Å². The first kappa shape index (κ1) is 15.2. The van der Waals surface area contributed by atoms with Gasteiger partial charge in [-0.1, -0.05) is 6.42 Å². The Morgan fingerprint density at radius 3 is 2.76 bits per heavy atom. The molecule has 7 heteroatoms. The molecular formula is C14H24N2O4S. The van der Waals surface area contributed by atoms with E-state index in [0.717, 1.165) is 13.0 Å². The number of nitrogens with zero attached hydrogens (tertiary/aromatic N) is 1. The first-order chi connectivity index (χ1) is 10.0. The Balaban J connectivity index is 1.73. The minimum absolute atomic E-state index is 0.0134. The number of hydrogen-bond donors (Lipinski definition) is 2. The molecule has 3 fully saturated rings. The quantitative estimate of drug-likeness (QED) is 0.722. The molecule has 2 aliphatic heterocycles. The van der Waals surface area contributed by atoms with E-state index in [1.807, 2.05) is 0 Å². The molecule has 0 bridgehead atoms. The molecule has 6 nitrogen and oxygen atoms in total. The van der Waals surface area contributed by atoms with Gasteiger partial charge in [-0.2, -0.15) is 0 Å². The lowest BCUT2D eigenvalue weighted by Crippen LogP contribution is -2.51. The third-order valence-electron chi connectivity index (χ3n) is 5.29. The lowest BCUT2D eigenvalue weighted by Gasteiger charge is -2.31. The lowest BCUT2D eigenvalue weighted by molar-refractivity contribution is -0.136. The zero-order valence-electron chi connectivity index (χ0n) is 12.2. The number of carbonyl (C=O) groups excluding carboxylic acids is 1. The van der Waals surface area contributed by atoms with Crippen LogP contribution in [-0.4, -0.2) is 67.6 Å². The molecular weight excluding hydrogens is 292 g/mol. The fourth-order valence-electron chi connectivity index (χ4n) is 4.24. The van der Waals surface area contributed by atoms with Crippen LogP contribution in [0.25, 0.3) is 0 Å². The molecule has 0 radical (unpaired) electrons. The maximum atomic E-state index is 12.8. The number of hydrogen-bond acceptors (Lipinski definition) is 5. The SMILES string of the molecule is O=C(C1NCC2CCCC21)N(CCO)C1CCS(=O)(=O)C1. The maximum Gasteiger partial charge on any atom is 0.240 e. The predicted molar refractivity (Wildman–Crippen MR) is 78.5 cm³/mol. The minimum Gasteiger partial charge on any atom is -0.395 e. The molecule has 2 N–H and O–H groups in total. The Hall–Kier alpha value is -0.660. The van der Waals surface area contributed by atoms with E-state index in [9.17, 15) is 18.3 Å². The van der Waals surface area contributed by atoms with Crippen LogP contribution in [0.2, 0.25) is 0 Å². The monoisotopic (exact) mass is 316 g/mol. The second-order valence-corrected chi connectivity index (χ2v) is 8.78. The molecule has 21 heavy (non-hydrogen) atoms. The summed E-state index contributed by atoms with van der Waals surface area (Å²) >= 11 is 0. The average molecular weight is 316 g/mol. The molecule has 0 spiro atoms. The van der Waals surface area contributed by atoms with E-state index in [4.69, 9.17) is 0 Å². The van der Waals surface area contributed by atoms with Crippen molar-refractivity contribution < 1.29 is 18.3 Å². The summed E-state index contributed by atoms with van der Waals surface area (Å²) in [5.41, 5.74) is 0. The molecule has 2 saturated heterocycles. The van der Waals surface area contributed by atoms with E-state index >= 15 is 0 Å². The third-order valence-corrected chi connectivity index (χ3v) is 7.04. The van der Waals surface area contributed by atoms with Crippen LogP contribution in [0.4, 0.5) is 0 Å². The molecule has 0 aromatic carbocycles. The van der Waals surface area contributed by atoms with Crippen LogP contribution in [0.5, 0.6) is 0 Å². The molecule has 3 rings (SSSR count). The van der Waals surface area contributed by atoms with Crippen molar-refractivity contribution in [3.63, 3.8) is 0 Å². The summed E-state index contributed by atoms with van der Waals surface area (Å²) in [6.45, 7) is 0.995. The number of amides is 1. The highest BCUT2D eigenvalue weighted by Crippen LogP contribution is 2.38. The van der Waals surface area contributed by atoms with Gasteiger partial charge in [0.15, 0.2) is 9.84 Å². The summed E-state index contributed by atoms with van der Waals surface area (Å²) in [5, 5.41) is 12.6. The molecule has 2 heterocycles. The Bertz CT molecular complexity index is 507. The molecule has 4 atom stereocenters. The van der Waals surface area contributed by atoms with Crippen molar-refractivity contribution in [1.82, 2.24) is 10.2 Å². The summed E-state index contributed by atoms with van der Waals surface area (Å²) in [6.07, 6.45) is 3.93. The van der Waals surface area contributed by atoms with Gasteiger partial charge in [0.25, 0.3) is 0 Å². The average Bonchev–Trinajstić information content (AvgIpc) is 3.09. The summed E-state index contributed by atoms with van der Waals surface area (Å²) in [4.78, 5) is 14.4. The molecule has 0 aromatic heterocycles. The number of sulfone groups is 1. The van der Waals surface area contributed by atoms with Crippen LogP contribution in [0.15, 0.2) is 0 Å². The van der Waals surface area contributed by atoms with Crippen molar-refractivity contribution in [2.45, 2.75) is 37.8 Å². The van der Waals surface area contributed by atoms with Gasteiger partial charge in [0.2, 0.25) is 5.91 Å². The van der Waals surface area contributed by atoms with E-state index in [1.165, 1.54) is 12.8 Å². The van der Waals surface area contributed by atoms with Crippen molar-refractivity contribution in [3.05, 3.63) is 0 Å². The molecule has 3 aliphatic rings. The van der Waals surface area contributed by atoms with Crippen molar-refractivity contribution in [1.29, 1.82) is 0 Å². The van der Waals surface area contributed by atoms with Gasteiger partial charge in [-0.05, 0) is 37.6 Å². The first-order valence-corrected chi connectivity index (χ1v) is 9.69. The standard InChI is InChI=1S/C14H24N2O4S/c17-6-5-16(11-4-7-21(19,20)9-11)14(18)13-12-3-1-2-10(12)8-15-13/h10-13,15,17H,1-9H2. The number of aliphatic hydroxyl groups excluding tert-OH is 1. The van der Waals surface area contributed by atoms with E-state index in [-0.39, 0.29) is 42.6 Å². The lowest BCUT2D eigenvalue weighted by atomic mass is 9.93. The van der Waals surface area contributed by atoms with Crippen molar-refractivity contribution in [2.24, 2.45) is 11.8 Å². The van der Waals surface area contributed by atoms with Crippen LogP contribution >= 0.6 is 0 Å². The van der Waals surface area contributed by atoms with E-state index in [2.05, 4.69) is 5.32 Å². The highest BCUT2D eigenvalue weighted by molar-refractivity contribution is 7.91. The zero-order chi connectivity index (χ0) is 15.0. The van der Waals surface area contributed by atoms with Gasteiger partial charge < -0.3 is 15.3 Å². The Morgan fingerprint density at radius 2 is 2.10 bits per heavy atom. The van der Waals surface area contributed by atoms with Gasteiger partial charge in [-0.25, -0.2) is 8.42 Å². The number of fused-ring (bicyclic) bond motifs is 1. The topological polar surface area (TPSA) is 86.7 Å². The summed E-state index contributed by atoms with van der Waals surface area (Å²) in [7, 11) is -3.03. The summed E-state index contributed by atoms with van der Waals surface area (Å²) < 4.78 is 23.3. The number of nitrogens with one attached hydrogen (secondary N) is 1. The second kappa shape index (κ2) is 5.85. The molecule has 1 amide bonds. The van der Waals surface area contributed by atoms with Crippen molar-refractivity contribution in [3.8, 4) is 0 Å². The molecule has 120 valence electrons. The van der Waals surface area contributed by atoms with Gasteiger partial charge >= 0.3 is 0 Å². The zero-order valence-corrected chi connectivity index (χ0v) is 13.0. The Labute approximate surface area is 125 Å². The number of rotatable bonds is 4. The molecule has 1 aliphatic carbocycles. The van der Waals surface area contributed by atoms with Crippen LogP contribution in [0.1, 0.15) is 25.7 Å². The first-order valence-electron chi connectivity index (χ1n) is 7.87.